The Morgan fingerprint density at radius 1 is 1.05 bits per heavy atom. The van der Waals surface area contributed by atoms with E-state index in [1.807, 2.05) is 54.6 Å². The molecule has 0 bridgehead atoms. The van der Waals surface area contributed by atoms with Crippen molar-refractivity contribution in [3.63, 3.8) is 0 Å². The van der Waals surface area contributed by atoms with Crippen LogP contribution in [0.1, 0.15) is 5.56 Å². The molecule has 0 N–H and O–H groups in total. The maximum absolute atomic E-state index is 12.1. The minimum absolute atomic E-state index is 0.00417. The molecule has 0 spiro atoms. The summed E-state index contributed by atoms with van der Waals surface area (Å²) in [5.74, 6) is 0.635. The maximum atomic E-state index is 12.1. The summed E-state index contributed by atoms with van der Waals surface area (Å²) in [6, 6.07) is 17.4. The van der Waals surface area contributed by atoms with E-state index in [2.05, 4.69) is 0 Å². The first-order chi connectivity index (χ1) is 10.2. The second-order valence-corrected chi connectivity index (χ2v) is 6.59. The molecule has 3 nitrogen and oxygen atoms in total. The van der Waals surface area contributed by atoms with E-state index in [9.17, 15) is 9.59 Å². The largest absolute Gasteiger partial charge is 0.308 e. The lowest BCUT2D eigenvalue weighted by Gasteiger charge is -2.03. The number of hydrogen-bond acceptors (Lipinski definition) is 4. The highest BCUT2D eigenvalue weighted by atomic mass is 32.2. The molecule has 3 rings (SSSR count). The summed E-state index contributed by atoms with van der Waals surface area (Å²) in [4.78, 5) is 24.0. The summed E-state index contributed by atoms with van der Waals surface area (Å²) >= 11 is 2.43. The van der Waals surface area contributed by atoms with Crippen LogP contribution in [-0.2, 0) is 17.1 Å². The highest BCUT2D eigenvalue weighted by Crippen LogP contribution is 2.18. The minimum atomic E-state index is -0.0788. The third-order valence-electron chi connectivity index (χ3n) is 3.10. The molecule has 0 saturated heterocycles. The molecule has 0 atom stereocenters. The molecule has 0 saturated carbocycles. The van der Waals surface area contributed by atoms with Gasteiger partial charge in [-0.2, -0.15) is 0 Å². The molecular formula is C16H13NO2S2. The number of aromatic nitrogens is 1. The number of rotatable bonds is 4. The smallest absolute Gasteiger partial charge is 0.290 e. The molecule has 21 heavy (non-hydrogen) atoms. The number of carbonyl (C=O) groups excluding carboxylic acids is 1. The van der Waals surface area contributed by atoms with E-state index in [0.29, 0.717) is 5.75 Å². The molecule has 1 aromatic heterocycles. The number of fused-ring (bicyclic) bond motifs is 1. The molecule has 106 valence electrons. The van der Waals surface area contributed by atoms with Crippen molar-refractivity contribution in [2.45, 2.75) is 12.3 Å². The highest BCUT2D eigenvalue weighted by Gasteiger charge is 2.11. The summed E-state index contributed by atoms with van der Waals surface area (Å²) in [6.07, 6.45) is 0. The number of thioether (sulfide) groups is 1. The number of carbonyl (C=O) groups is 1. The summed E-state index contributed by atoms with van der Waals surface area (Å²) in [6.45, 7) is 0.125. The Labute approximate surface area is 130 Å². The molecule has 5 heteroatoms. The van der Waals surface area contributed by atoms with E-state index >= 15 is 0 Å². The molecule has 0 aliphatic heterocycles. The highest BCUT2D eigenvalue weighted by molar-refractivity contribution is 8.12. The lowest BCUT2D eigenvalue weighted by atomic mass is 10.2. The quantitative estimate of drug-likeness (QED) is 0.739. The first kappa shape index (κ1) is 14.1. The van der Waals surface area contributed by atoms with Crippen LogP contribution in [0.25, 0.3) is 10.2 Å². The fourth-order valence-electron chi connectivity index (χ4n) is 2.08. The lowest BCUT2D eigenvalue weighted by Crippen LogP contribution is -2.17. The average Bonchev–Trinajstić information content (AvgIpc) is 2.82. The zero-order valence-corrected chi connectivity index (χ0v) is 12.8. The zero-order chi connectivity index (χ0) is 14.7. The SMILES string of the molecule is O=C(Cn1c(=O)sc2ccccc21)SCc1ccccc1. The van der Waals surface area contributed by atoms with Gasteiger partial charge >= 0.3 is 4.87 Å². The Morgan fingerprint density at radius 2 is 1.76 bits per heavy atom. The van der Waals surface area contributed by atoms with Crippen molar-refractivity contribution in [1.82, 2.24) is 4.57 Å². The molecule has 0 amide bonds. The molecule has 0 aliphatic carbocycles. The molecule has 2 aromatic carbocycles. The molecule has 1 heterocycles. The maximum Gasteiger partial charge on any atom is 0.308 e. The molecule has 0 aliphatic rings. The summed E-state index contributed by atoms with van der Waals surface area (Å²) < 4.78 is 2.48. The van der Waals surface area contributed by atoms with Crippen LogP contribution >= 0.6 is 23.1 Å². The van der Waals surface area contributed by atoms with Gasteiger partial charge in [0.1, 0.15) is 0 Å². The minimum Gasteiger partial charge on any atom is -0.290 e. The predicted octanol–water partition coefficient (Wildman–Crippen LogP) is 3.52. The Morgan fingerprint density at radius 3 is 2.57 bits per heavy atom. The van der Waals surface area contributed by atoms with E-state index in [4.69, 9.17) is 0 Å². The summed E-state index contributed by atoms with van der Waals surface area (Å²) in [5.41, 5.74) is 1.94. The molecular weight excluding hydrogens is 302 g/mol. The number of hydrogen-bond donors (Lipinski definition) is 0. The van der Waals surface area contributed by atoms with Crippen molar-refractivity contribution < 1.29 is 4.79 Å². The van der Waals surface area contributed by atoms with Gasteiger partial charge in [-0.25, -0.2) is 0 Å². The van der Waals surface area contributed by atoms with Crippen molar-refractivity contribution in [2.75, 3.05) is 0 Å². The molecule has 0 unspecified atom stereocenters. The average molecular weight is 315 g/mol. The Bertz CT molecular complexity index is 821. The van der Waals surface area contributed by atoms with Gasteiger partial charge in [-0.15, -0.1) is 0 Å². The number of para-hydroxylation sites is 1. The summed E-state index contributed by atoms with van der Waals surface area (Å²) in [7, 11) is 0. The van der Waals surface area contributed by atoms with E-state index in [-0.39, 0.29) is 16.5 Å². The van der Waals surface area contributed by atoms with Crippen LogP contribution in [0.3, 0.4) is 0 Å². The Hall–Kier alpha value is -1.85. The van der Waals surface area contributed by atoms with Gasteiger partial charge in [0.05, 0.1) is 16.8 Å². The van der Waals surface area contributed by atoms with Crippen molar-refractivity contribution in [3.05, 3.63) is 69.8 Å². The molecule has 0 radical (unpaired) electrons. The van der Waals surface area contributed by atoms with E-state index in [1.54, 1.807) is 4.57 Å². The van der Waals surface area contributed by atoms with Crippen LogP contribution in [0.2, 0.25) is 0 Å². The molecule has 3 aromatic rings. The second kappa shape index (κ2) is 6.28. The summed E-state index contributed by atoms with van der Waals surface area (Å²) in [5, 5.41) is 0.00417. The third kappa shape index (κ3) is 3.25. The van der Waals surface area contributed by atoms with E-state index in [1.165, 1.54) is 23.1 Å². The van der Waals surface area contributed by atoms with Gasteiger partial charge in [0, 0.05) is 5.75 Å². The number of benzene rings is 2. The van der Waals surface area contributed by atoms with Crippen molar-refractivity contribution >= 4 is 38.4 Å². The number of nitrogens with zero attached hydrogens (tertiary/aromatic N) is 1. The van der Waals surface area contributed by atoms with Crippen LogP contribution in [0.5, 0.6) is 0 Å². The van der Waals surface area contributed by atoms with Gasteiger partial charge < -0.3 is 0 Å². The number of thiazole rings is 1. The van der Waals surface area contributed by atoms with Crippen molar-refractivity contribution in [1.29, 1.82) is 0 Å². The van der Waals surface area contributed by atoms with E-state index in [0.717, 1.165) is 15.8 Å². The third-order valence-corrected chi connectivity index (χ3v) is 4.99. The van der Waals surface area contributed by atoms with Crippen molar-refractivity contribution in [3.8, 4) is 0 Å². The second-order valence-electron chi connectivity index (χ2n) is 4.57. The van der Waals surface area contributed by atoms with Crippen LogP contribution in [0.4, 0.5) is 0 Å². The van der Waals surface area contributed by atoms with Gasteiger partial charge in [0.15, 0.2) is 0 Å². The van der Waals surface area contributed by atoms with Gasteiger partial charge in [-0.05, 0) is 17.7 Å². The monoisotopic (exact) mass is 315 g/mol. The first-order valence-corrected chi connectivity index (χ1v) is 8.32. The van der Waals surface area contributed by atoms with Gasteiger partial charge in [0.2, 0.25) is 5.12 Å². The predicted molar refractivity (Wildman–Crippen MR) is 88.8 cm³/mol. The van der Waals surface area contributed by atoms with E-state index < -0.39 is 0 Å². The standard InChI is InChI=1S/C16H13NO2S2/c18-15(20-11-12-6-2-1-3-7-12)10-17-13-8-4-5-9-14(13)21-16(17)19/h1-9H,10-11H2. The van der Waals surface area contributed by atoms with Gasteiger partial charge in [0.25, 0.3) is 0 Å². The van der Waals surface area contributed by atoms with Gasteiger partial charge in [-0.1, -0.05) is 65.6 Å². The Balaban J connectivity index is 1.72. The normalized spacial score (nSPS) is 10.9. The van der Waals surface area contributed by atoms with Crippen LogP contribution < -0.4 is 4.87 Å². The topological polar surface area (TPSA) is 39.1 Å². The zero-order valence-electron chi connectivity index (χ0n) is 11.2. The van der Waals surface area contributed by atoms with Crippen molar-refractivity contribution in [2.24, 2.45) is 0 Å². The molecule has 0 fully saturated rings. The first-order valence-electron chi connectivity index (χ1n) is 6.52. The van der Waals surface area contributed by atoms with Gasteiger partial charge in [-0.3, -0.25) is 14.2 Å². The van der Waals surface area contributed by atoms with Crippen LogP contribution in [-0.4, -0.2) is 9.68 Å². The Kier molecular flexibility index (Phi) is 4.22. The lowest BCUT2D eigenvalue weighted by molar-refractivity contribution is -0.111. The fourth-order valence-corrected chi connectivity index (χ4v) is 3.71. The van der Waals surface area contributed by atoms with Crippen LogP contribution in [0, 0.1) is 0 Å². The fraction of sp³-hybridized carbons (Fsp3) is 0.125. The van der Waals surface area contributed by atoms with Crippen LogP contribution in [0.15, 0.2) is 59.4 Å².